The highest BCUT2D eigenvalue weighted by molar-refractivity contribution is 8.14. The Morgan fingerprint density at radius 2 is 2.06 bits per heavy atom. The van der Waals surface area contributed by atoms with Crippen LogP contribution in [0.15, 0.2) is 41.7 Å². The highest BCUT2D eigenvalue weighted by Crippen LogP contribution is 2.26. The molecule has 0 fully saturated rings. The number of aliphatic hydroxyl groups is 1. The van der Waals surface area contributed by atoms with Crippen LogP contribution in [0.2, 0.25) is 0 Å². The molecule has 0 atom stereocenters. The lowest BCUT2D eigenvalue weighted by molar-refractivity contribution is -0.107. The summed E-state index contributed by atoms with van der Waals surface area (Å²) in [6.07, 6.45) is 0. The summed E-state index contributed by atoms with van der Waals surface area (Å²) in [5, 5.41) is 12.3. The molecule has 0 aromatic heterocycles. The molecule has 0 aliphatic carbocycles. The van der Waals surface area contributed by atoms with Gasteiger partial charge in [0.05, 0.1) is 5.75 Å². The highest BCUT2D eigenvalue weighted by atomic mass is 32.2. The zero-order valence-corrected chi connectivity index (χ0v) is 9.90. The Labute approximate surface area is 103 Å². The predicted molar refractivity (Wildman–Crippen MR) is 69.8 cm³/mol. The number of carbonyl (C=O) groups is 1. The molecule has 1 aromatic rings. The van der Waals surface area contributed by atoms with Crippen LogP contribution in [0.4, 0.5) is 5.69 Å². The Bertz CT molecular complexity index is 468. The normalized spacial score (nSPS) is 15.4. The van der Waals surface area contributed by atoms with Crippen LogP contribution < -0.4 is 5.32 Å². The number of nitrogens with one attached hydrogen (secondary N) is 1. The number of hydrogen-bond acceptors (Lipinski definition) is 4. The largest absolute Gasteiger partial charge is 0.511 e. The minimum absolute atomic E-state index is 0.0587. The predicted octanol–water partition coefficient (Wildman–Crippen LogP) is 2.51. The number of thioether (sulfide) groups is 1. The third-order valence-electron chi connectivity index (χ3n) is 2.09. The molecule has 16 heavy (non-hydrogen) atoms. The number of aliphatic hydroxyl groups excluding tert-OH is 1. The fraction of sp³-hybridized carbons (Fsp3) is 0.0909. The van der Waals surface area contributed by atoms with Crippen LogP contribution in [0, 0.1) is 0 Å². The van der Waals surface area contributed by atoms with Crippen LogP contribution in [0.1, 0.15) is 0 Å². The van der Waals surface area contributed by atoms with Gasteiger partial charge in [-0.1, -0.05) is 42.2 Å². The number of para-hydroxylation sites is 1. The van der Waals surface area contributed by atoms with Crippen molar-refractivity contribution in [3.8, 4) is 0 Å². The van der Waals surface area contributed by atoms with Gasteiger partial charge in [0.15, 0.2) is 0 Å². The van der Waals surface area contributed by atoms with Gasteiger partial charge in [-0.05, 0) is 12.1 Å². The van der Waals surface area contributed by atoms with E-state index in [1.807, 2.05) is 30.3 Å². The molecule has 5 heteroatoms. The topological polar surface area (TPSA) is 49.3 Å². The molecule has 0 radical (unpaired) electrons. The fourth-order valence-corrected chi connectivity index (χ4v) is 2.50. The summed E-state index contributed by atoms with van der Waals surface area (Å²) in [4.78, 5) is 11.7. The molecule has 1 aliphatic rings. The third kappa shape index (κ3) is 2.25. The van der Waals surface area contributed by atoms with Crippen LogP contribution in [-0.2, 0) is 4.79 Å². The Morgan fingerprint density at radius 1 is 1.38 bits per heavy atom. The second-order valence-corrected chi connectivity index (χ2v) is 4.57. The first-order chi connectivity index (χ1) is 7.68. The molecule has 1 aromatic carbocycles. The maximum absolute atomic E-state index is 11.4. The average Bonchev–Trinajstić information content (AvgIpc) is 2.60. The van der Waals surface area contributed by atoms with E-state index in [0.717, 1.165) is 17.4 Å². The smallest absolute Gasteiger partial charge is 0.226 e. The molecule has 0 saturated heterocycles. The number of rotatable bonds is 2. The van der Waals surface area contributed by atoms with E-state index < -0.39 is 0 Å². The van der Waals surface area contributed by atoms with Crippen molar-refractivity contribution in [2.45, 2.75) is 0 Å². The van der Waals surface area contributed by atoms with Gasteiger partial charge in [0, 0.05) is 5.69 Å². The molecular weight excluding hydrogens is 242 g/mol. The number of benzene rings is 1. The second-order valence-electron chi connectivity index (χ2n) is 3.22. The van der Waals surface area contributed by atoms with E-state index in [9.17, 15) is 9.90 Å². The molecule has 1 heterocycles. The lowest BCUT2D eigenvalue weighted by Gasteiger charge is -2.07. The summed E-state index contributed by atoms with van der Waals surface area (Å²) in [5.41, 5.74) is 1.03. The molecule has 0 spiro atoms. The summed E-state index contributed by atoms with van der Waals surface area (Å²) < 4.78 is 0. The zero-order valence-electron chi connectivity index (χ0n) is 8.27. The Balaban J connectivity index is 2.16. The first kappa shape index (κ1) is 11.2. The molecule has 1 aliphatic heterocycles. The Kier molecular flexibility index (Phi) is 3.26. The van der Waals surface area contributed by atoms with Gasteiger partial charge >= 0.3 is 0 Å². The highest BCUT2D eigenvalue weighted by Gasteiger charge is 2.27. The van der Waals surface area contributed by atoms with Crippen molar-refractivity contribution in [3.63, 3.8) is 0 Å². The first-order valence-corrected chi connectivity index (χ1v) is 6.03. The van der Waals surface area contributed by atoms with Crippen molar-refractivity contribution in [1.82, 2.24) is 0 Å². The minimum Gasteiger partial charge on any atom is -0.511 e. The standard InChI is InChI=1S/C11H9NO2S2/c13-8-6-16-11(14)9(8)10(15)12-7-4-2-1-3-5-7/h1-5,13H,6H2,(H,12,15). The van der Waals surface area contributed by atoms with Crippen LogP contribution in [0.5, 0.6) is 0 Å². The lowest BCUT2D eigenvalue weighted by Crippen LogP contribution is -2.16. The lowest BCUT2D eigenvalue weighted by atomic mass is 10.2. The van der Waals surface area contributed by atoms with E-state index in [1.165, 1.54) is 0 Å². The van der Waals surface area contributed by atoms with E-state index in [4.69, 9.17) is 12.2 Å². The SMILES string of the molecule is O=C1SCC(O)=C1C(=S)Nc1ccccc1. The van der Waals surface area contributed by atoms with Gasteiger partial charge < -0.3 is 10.4 Å². The van der Waals surface area contributed by atoms with Crippen LogP contribution in [0.25, 0.3) is 0 Å². The van der Waals surface area contributed by atoms with Gasteiger partial charge in [0.25, 0.3) is 0 Å². The van der Waals surface area contributed by atoms with Gasteiger partial charge in [-0.25, -0.2) is 0 Å². The van der Waals surface area contributed by atoms with Crippen molar-refractivity contribution in [1.29, 1.82) is 0 Å². The number of thiocarbonyl (C=S) groups is 1. The second kappa shape index (κ2) is 4.67. The molecule has 0 bridgehead atoms. The molecule has 0 amide bonds. The summed E-state index contributed by atoms with van der Waals surface area (Å²) in [6, 6.07) is 9.31. The van der Waals surface area contributed by atoms with Crippen LogP contribution >= 0.6 is 24.0 Å². The zero-order chi connectivity index (χ0) is 11.5. The Morgan fingerprint density at radius 3 is 2.62 bits per heavy atom. The Hall–Kier alpha value is -1.33. The van der Waals surface area contributed by atoms with Crippen molar-refractivity contribution in [2.24, 2.45) is 0 Å². The van der Waals surface area contributed by atoms with Crippen molar-refractivity contribution < 1.29 is 9.90 Å². The van der Waals surface area contributed by atoms with E-state index in [0.29, 0.717) is 5.75 Å². The monoisotopic (exact) mass is 251 g/mol. The minimum atomic E-state index is -0.175. The first-order valence-electron chi connectivity index (χ1n) is 4.64. The van der Waals surface area contributed by atoms with E-state index in [1.54, 1.807) is 0 Å². The quantitative estimate of drug-likeness (QED) is 0.791. The molecule has 2 rings (SSSR count). The maximum atomic E-state index is 11.4. The van der Waals surface area contributed by atoms with E-state index in [-0.39, 0.29) is 21.4 Å². The van der Waals surface area contributed by atoms with E-state index in [2.05, 4.69) is 5.32 Å². The maximum Gasteiger partial charge on any atom is 0.226 e. The summed E-state index contributed by atoms with van der Waals surface area (Å²) in [5.74, 6) is 0.369. The number of carbonyl (C=O) groups excluding carboxylic acids is 1. The average molecular weight is 251 g/mol. The van der Waals surface area contributed by atoms with Crippen molar-refractivity contribution in [3.05, 3.63) is 41.7 Å². The molecule has 0 saturated carbocycles. The summed E-state index contributed by atoms with van der Waals surface area (Å²) in [6.45, 7) is 0. The van der Waals surface area contributed by atoms with Gasteiger partial charge in [0.2, 0.25) is 5.12 Å². The third-order valence-corrected chi connectivity index (χ3v) is 3.28. The van der Waals surface area contributed by atoms with Gasteiger partial charge in [-0.3, -0.25) is 4.79 Å². The number of hydrogen-bond donors (Lipinski definition) is 2. The molecule has 3 nitrogen and oxygen atoms in total. The molecule has 2 N–H and O–H groups in total. The van der Waals surface area contributed by atoms with Gasteiger partial charge in [-0.2, -0.15) is 0 Å². The summed E-state index contributed by atoms with van der Waals surface area (Å²) in [7, 11) is 0. The molecule has 0 unspecified atom stereocenters. The summed E-state index contributed by atoms with van der Waals surface area (Å²) >= 11 is 6.15. The van der Waals surface area contributed by atoms with Crippen molar-refractivity contribution >= 4 is 39.8 Å². The van der Waals surface area contributed by atoms with Crippen LogP contribution in [-0.4, -0.2) is 21.0 Å². The van der Waals surface area contributed by atoms with Gasteiger partial charge in [0.1, 0.15) is 16.3 Å². The van der Waals surface area contributed by atoms with Crippen LogP contribution in [0.3, 0.4) is 0 Å². The number of anilines is 1. The van der Waals surface area contributed by atoms with E-state index >= 15 is 0 Å². The van der Waals surface area contributed by atoms with Gasteiger partial charge in [-0.15, -0.1) is 0 Å². The van der Waals surface area contributed by atoms with Crippen molar-refractivity contribution in [2.75, 3.05) is 11.1 Å². The fourth-order valence-electron chi connectivity index (χ4n) is 1.33. The molecule has 82 valence electrons. The molecular formula is C11H9NO2S2.